The fourth-order valence-electron chi connectivity index (χ4n) is 1.86. The van der Waals surface area contributed by atoms with Crippen molar-refractivity contribution in [2.24, 2.45) is 0 Å². The summed E-state index contributed by atoms with van der Waals surface area (Å²) in [5.41, 5.74) is 2.08. The van der Waals surface area contributed by atoms with Crippen molar-refractivity contribution in [2.45, 2.75) is 19.8 Å². The zero-order valence-corrected chi connectivity index (χ0v) is 12.9. The molecule has 0 unspecified atom stereocenters. The molecule has 0 spiro atoms. The first-order valence-electron chi connectivity index (χ1n) is 6.55. The third kappa shape index (κ3) is 3.39. The second-order valence-corrected chi connectivity index (χ2v) is 5.51. The molecule has 0 aliphatic carbocycles. The Kier molecular flexibility index (Phi) is 4.45. The van der Waals surface area contributed by atoms with Crippen LogP contribution in [-0.4, -0.2) is 24.1 Å². The third-order valence-electron chi connectivity index (χ3n) is 2.88. The van der Waals surface area contributed by atoms with Gasteiger partial charge in [-0.1, -0.05) is 37.6 Å². The average molecular weight is 291 g/mol. The van der Waals surface area contributed by atoms with Crippen molar-refractivity contribution in [2.75, 3.05) is 24.3 Å². The van der Waals surface area contributed by atoms with Crippen molar-refractivity contribution in [1.82, 2.24) is 9.97 Å². The van der Waals surface area contributed by atoms with Crippen LogP contribution in [0.1, 0.15) is 25.6 Å². The Hall–Kier alpha value is -1.81. The van der Waals surface area contributed by atoms with Crippen LogP contribution in [0.2, 0.25) is 5.15 Å². The molecule has 0 saturated heterocycles. The Morgan fingerprint density at radius 1 is 1.15 bits per heavy atom. The molecule has 0 atom stereocenters. The highest BCUT2D eigenvalue weighted by Gasteiger charge is 2.09. The highest BCUT2D eigenvalue weighted by Crippen LogP contribution is 2.27. The molecule has 1 N–H and O–H groups in total. The number of hydrogen-bond donors (Lipinski definition) is 1. The second-order valence-electron chi connectivity index (χ2n) is 5.13. The maximum absolute atomic E-state index is 6.06. The topological polar surface area (TPSA) is 41.1 Å². The van der Waals surface area contributed by atoms with Gasteiger partial charge in [-0.15, -0.1) is 0 Å². The van der Waals surface area contributed by atoms with E-state index in [4.69, 9.17) is 11.6 Å². The first kappa shape index (κ1) is 14.6. The quantitative estimate of drug-likeness (QED) is 0.862. The molecule has 0 amide bonds. The number of rotatable bonds is 4. The highest BCUT2D eigenvalue weighted by molar-refractivity contribution is 6.29. The standard InChI is InChI=1S/C15H19ClN4/c1-10(2)15-18-13(16)9-14(19-15)17-11-7-5-6-8-12(11)20(3)4/h5-10H,1-4H3,(H,17,18,19). The van der Waals surface area contributed by atoms with Gasteiger partial charge in [-0.25, -0.2) is 9.97 Å². The van der Waals surface area contributed by atoms with Crippen LogP contribution < -0.4 is 10.2 Å². The van der Waals surface area contributed by atoms with E-state index in [1.165, 1.54) is 0 Å². The monoisotopic (exact) mass is 290 g/mol. The van der Waals surface area contributed by atoms with E-state index in [0.29, 0.717) is 11.0 Å². The Morgan fingerprint density at radius 2 is 1.85 bits per heavy atom. The van der Waals surface area contributed by atoms with Crippen molar-refractivity contribution in [3.8, 4) is 0 Å². The van der Waals surface area contributed by atoms with Gasteiger partial charge in [0.2, 0.25) is 0 Å². The molecule has 2 rings (SSSR count). The average Bonchev–Trinajstić information content (AvgIpc) is 2.38. The van der Waals surface area contributed by atoms with E-state index < -0.39 is 0 Å². The van der Waals surface area contributed by atoms with Crippen molar-refractivity contribution in [1.29, 1.82) is 0 Å². The zero-order valence-electron chi connectivity index (χ0n) is 12.2. The number of benzene rings is 1. The summed E-state index contributed by atoms with van der Waals surface area (Å²) in [6.07, 6.45) is 0. The largest absolute Gasteiger partial charge is 0.376 e. The molecule has 1 aromatic carbocycles. The van der Waals surface area contributed by atoms with E-state index in [2.05, 4.69) is 26.3 Å². The Balaban J connectivity index is 2.35. The van der Waals surface area contributed by atoms with E-state index in [9.17, 15) is 0 Å². The molecule has 2 aromatic rings. The van der Waals surface area contributed by atoms with Crippen LogP contribution in [0.5, 0.6) is 0 Å². The van der Waals surface area contributed by atoms with Gasteiger partial charge in [-0.05, 0) is 12.1 Å². The molecule has 4 nitrogen and oxygen atoms in total. The van der Waals surface area contributed by atoms with Crippen LogP contribution in [0.3, 0.4) is 0 Å². The Labute approximate surface area is 124 Å². The lowest BCUT2D eigenvalue weighted by atomic mass is 10.2. The van der Waals surface area contributed by atoms with Crippen molar-refractivity contribution < 1.29 is 0 Å². The second kappa shape index (κ2) is 6.09. The predicted molar refractivity (Wildman–Crippen MR) is 85.2 cm³/mol. The van der Waals surface area contributed by atoms with Crippen LogP contribution >= 0.6 is 11.6 Å². The highest BCUT2D eigenvalue weighted by atomic mass is 35.5. The van der Waals surface area contributed by atoms with Crippen molar-refractivity contribution >= 4 is 28.8 Å². The fourth-order valence-corrected chi connectivity index (χ4v) is 2.05. The van der Waals surface area contributed by atoms with Gasteiger partial charge in [0.15, 0.2) is 0 Å². The van der Waals surface area contributed by atoms with Gasteiger partial charge in [0.05, 0.1) is 11.4 Å². The van der Waals surface area contributed by atoms with E-state index in [0.717, 1.165) is 17.2 Å². The molecule has 20 heavy (non-hydrogen) atoms. The fraction of sp³-hybridized carbons (Fsp3) is 0.333. The summed E-state index contributed by atoms with van der Waals surface area (Å²) in [6.45, 7) is 4.09. The van der Waals surface area contributed by atoms with Gasteiger partial charge < -0.3 is 10.2 Å². The number of hydrogen-bond acceptors (Lipinski definition) is 4. The molecule has 0 fully saturated rings. The summed E-state index contributed by atoms with van der Waals surface area (Å²) < 4.78 is 0. The first-order chi connectivity index (χ1) is 9.47. The Morgan fingerprint density at radius 3 is 2.50 bits per heavy atom. The molecule has 0 bridgehead atoms. The normalized spacial score (nSPS) is 10.7. The van der Waals surface area contributed by atoms with Gasteiger partial charge >= 0.3 is 0 Å². The van der Waals surface area contributed by atoms with Gasteiger partial charge in [0, 0.05) is 26.1 Å². The van der Waals surface area contributed by atoms with Crippen molar-refractivity contribution in [3.05, 3.63) is 41.3 Å². The maximum atomic E-state index is 6.06. The molecule has 0 saturated carbocycles. The van der Waals surface area contributed by atoms with Crippen LogP contribution in [0.25, 0.3) is 0 Å². The number of nitrogens with one attached hydrogen (secondary N) is 1. The molecule has 0 aliphatic rings. The van der Waals surface area contributed by atoms with Crippen LogP contribution in [0.4, 0.5) is 17.2 Å². The number of para-hydroxylation sites is 2. The van der Waals surface area contributed by atoms with Gasteiger partial charge in [-0.3, -0.25) is 0 Å². The van der Waals surface area contributed by atoms with E-state index in [1.54, 1.807) is 6.07 Å². The molecule has 106 valence electrons. The minimum Gasteiger partial charge on any atom is -0.376 e. The molecule has 5 heteroatoms. The SMILES string of the molecule is CC(C)c1nc(Cl)cc(Nc2ccccc2N(C)C)n1. The lowest BCUT2D eigenvalue weighted by Crippen LogP contribution is -2.11. The molecular weight excluding hydrogens is 272 g/mol. The van der Waals surface area contributed by atoms with Crippen LogP contribution in [0, 0.1) is 0 Å². The van der Waals surface area contributed by atoms with E-state index >= 15 is 0 Å². The molecule has 0 aliphatic heterocycles. The number of aromatic nitrogens is 2. The van der Waals surface area contributed by atoms with Gasteiger partial charge in [0.1, 0.15) is 16.8 Å². The summed E-state index contributed by atoms with van der Waals surface area (Å²) in [4.78, 5) is 10.8. The predicted octanol–water partition coefficient (Wildman–Crippen LogP) is 4.06. The van der Waals surface area contributed by atoms with Gasteiger partial charge in [0.25, 0.3) is 0 Å². The minimum atomic E-state index is 0.235. The molecule has 1 heterocycles. The number of halogens is 1. The first-order valence-corrected chi connectivity index (χ1v) is 6.93. The number of nitrogens with zero attached hydrogens (tertiary/aromatic N) is 3. The zero-order chi connectivity index (χ0) is 14.7. The lowest BCUT2D eigenvalue weighted by Gasteiger charge is -2.18. The summed E-state index contributed by atoms with van der Waals surface area (Å²) in [5, 5.41) is 3.77. The summed E-state index contributed by atoms with van der Waals surface area (Å²) in [5.74, 6) is 1.68. The number of anilines is 3. The van der Waals surface area contributed by atoms with Crippen LogP contribution in [-0.2, 0) is 0 Å². The third-order valence-corrected chi connectivity index (χ3v) is 3.07. The maximum Gasteiger partial charge on any atom is 0.135 e. The summed E-state index contributed by atoms with van der Waals surface area (Å²) >= 11 is 6.06. The van der Waals surface area contributed by atoms with Crippen LogP contribution in [0.15, 0.2) is 30.3 Å². The van der Waals surface area contributed by atoms with Gasteiger partial charge in [-0.2, -0.15) is 0 Å². The lowest BCUT2D eigenvalue weighted by molar-refractivity contribution is 0.776. The molecule has 1 aromatic heterocycles. The Bertz CT molecular complexity index is 596. The summed E-state index contributed by atoms with van der Waals surface area (Å²) in [7, 11) is 4.01. The summed E-state index contributed by atoms with van der Waals surface area (Å²) in [6, 6.07) is 9.79. The molecular formula is C15H19ClN4. The van der Waals surface area contributed by atoms with Crippen molar-refractivity contribution in [3.63, 3.8) is 0 Å². The van der Waals surface area contributed by atoms with E-state index in [-0.39, 0.29) is 5.92 Å². The smallest absolute Gasteiger partial charge is 0.135 e. The molecule has 0 radical (unpaired) electrons. The van der Waals surface area contributed by atoms with E-state index in [1.807, 2.05) is 46.1 Å². The minimum absolute atomic E-state index is 0.235.